The van der Waals surface area contributed by atoms with E-state index in [9.17, 15) is 4.39 Å². The first-order valence-corrected chi connectivity index (χ1v) is 4.83. The van der Waals surface area contributed by atoms with Gasteiger partial charge in [0.25, 0.3) is 0 Å². The molecule has 0 bridgehead atoms. The molecule has 1 rings (SSSR count). The van der Waals surface area contributed by atoms with E-state index in [4.69, 9.17) is 4.74 Å². The van der Waals surface area contributed by atoms with Gasteiger partial charge in [0.15, 0.2) is 11.6 Å². The van der Waals surface area contributed by atoms with Gasteiger partial charge in [0.2, 0.25) is 0 Å². The number of hydrogen-bond acceptors (Lipinski definition) is 3. The second-order valence-corrected chi connectivity index (χ2v) is 3.49. The van der Waals surface area contributed by atoms with E-state index in [-0.39, 0.29) is 11.6 Å². The summed E-state index contributed by atoms with van der Waals surface area (Å²) in [6.45, 7) is 1.48. The van der Waals surface area contributed by atoms with E-state index in [1.165, 1.54) is 13.2 Å². The first-order chi connectivity index (χ1) is 7.17. The molecule has 0 amide bonds. The Labute approximate surface area is 89.8 Å². The highest BCUT2D eigenvalue weighted by Gasteiger charge is 2.04. The quantitative estimate of drug-likeness (QED) is 0.747. The fourth-order valence-electron chi connectivity index (χ4n) is 1.45. The van der Waals surface area contributed by atoms with Gasteiger partial charge >= 0.3 is 0 Å². The topological polar surface area (TPSA) is 24.5 Å². The Balaban J connectivity index is 2.66. The van der Waals surface area contributed by atoms with E-state index in [0.29, 0.717) is 6.54 Å². The van der Waals surface area contributed by atoms with Crippen molar-refractivity contribution in [3.05, 3.63) is 29.6 Å². The van der Waals surface area contributed by atoms with Gasteiger partial charge in [-0.25, -0.2) is 4.39 Å². The third-order valence-corrected chi connectivity index (χ3v) is 2.10. The highest BCUT2D eigenvalue weighted by atomic mass is 19.1. The maximum Gasteiger partial charge on any atom is 0.165 e. The Morgan fingerprint density at radius 1 is 1.47 bits per heavy atom. The van der Waals surface area contributed by atoms with Gasteiger partial charge in [-0.2, -0.15) is 0 Å². The largest absolute Gasteiger partial charge is 0.494 e. The van der Waals surface area contributed by atoms with E-state index >= 15 is 0 Å². The zero-order valence-corrected chi connectivity index (χ0v) is 9.38. The fraction of sp³-hybridized carbons (Fsp3) is 0.455. The molecule has 0 fully saturated rings. The summed E-state index contributed by atoms with van der Waals surface area (Å²) in [5.41, 5.74) is 0.936. The molecule has 0 aromatic heterocycles. The first-order valence-electron chi connectivity index (χ1n) is 4.83. The number of halogens is 1. The minimum Gasteiger partial charge on any atom is -0.494 e. The SMILES string of the molecule is CNCN(C)Cc1ccc(OC)c(F)c1. The van der Waals surface area contributed by atoms with Crippen LogP contribution in [0.3, 0.4) is 0 Å². The number of ether oxygens (including phenoxy) is 1. The van der Waals surface area contributed by atoms with Crippen molar-refractivity contribution in [3.8, 4) is 5.75 Å². The molecule has 0 unspecified atom stereocenters. The standard InChI is InChI=1S/C11H17FN2O/c1-13-8-14(2)7-9-4-5-11(15-3)10(12)6-9/h4-6,13H,7-8H2,1-3H3. The molecule has 0 saturated heterocycles. The van der Waals surface area contributed by atoms with Crippen LogP contribution in [0.5, 0.6) is 5.75 Å². The van der Waals surface area contributed by atoms with E-state index in [2.05, 4.69) is 10.2 Å². The first kappa shape index (κ1) is 11.9. The predicted octanol–water partition coefficient (Wildman–Crippen LogP) is 1.44. The maximum atomic E-state index is 13.3. The van der Waals surface area contributed by atoms with Crippen LogP contribution >= 0.6 is 0 Å². The summed E-state index contributed by atoms with van der Waals surface area (Å²) in [4.78, 5) is 2.06. The number of nitrogens with one attached hydrogen (secondary N) is 1. The van der Waals surface area contributed by atoms with Crippen LogP contribution in [0.1, 0.15) is 5.56 Å². The van der Waals surface area contributed by atoms with Gasteiger partial charge in [0.05, 0.1) is 7.11 Å². The van der Waals surface area contributed by atoms with Crippen LogP contribution in [0.25, 0.3) is 0 Å². The number of benzene rings is 1. The van der Waals surface area contributed by atoms with Crippen molar-refractivity contribution in [1.82, 2.24) is 10.2 Å². The van der Waals surface area contributed by atoms with Crippen molar-refractivity contribution in [2.24, 2.45) is 0 Å². The lowest BCUT2D eigenvalue weighted by Gasteiger charge is -2.16. The molecule has 0 aliphatic rings. The number of rotatable bonds is 5. The molecule has 0 heterocycles. The molecule has 0 radical (unpaired) electrons. The van der Waals surface area contributed by atoms with Crippen molar-refractivity contribution < 1.29 is 9.13 Å². The fourth-order valence-corrected chi connectivity index (χ4v) is 1.45. The number of nitrogens with zero attached hydrogens (tertiary/aromatic N) is 1. The summed E-state index contributed by atoms with van der Waals surface area (Å²) in [6.07, 6.45) is 0. The van der Waals surface area contributed by atoms with Crippen LogP contribution in [0.4, 0.5) is 4.39 Å². The average Bonchev–Trinajstić information content (AvgIpc) is 2.18. The zero-order valence-electron chi connectivity index (χ0n) is 9.38. The third kappa shape index (κ3) is 3.49. The van der Waals surface area contributed by atoms with Crippen molar-refractivity contribution in [1.29, 1.82) is 0 Å². The van der Waals surface area contributed by atoms with Gasteiger partial charge in [-0.05, 0) is 31.8 Å². The van der Waals surface area contributed by atoms with Crippen LogP contribution in [-0.4, -0.2) is 32.8 Å². The zero-order chi connectivity index (χ0) is 11.3. The van der Waals surface area contributed by atoms with Crippen molar-refractivity contribution in [2.75, 3.05) is 27.9 Å². The lowest BCUT2D eigenvalue weighted by Crippen LogP contribution is -2.28. The van der Waals surface area contributed by atoms with Crippen LogP contribution in [0.2, 0.25) is 0 Å². The van der Waals surface area contributed by atoms with Gasteiger partial charge in [-0.3, -0.25) is 4.90 Å². The summed E-state index contributed by atoms with van der Waals surface area (Å²) in [5.74, 6) is -0.0251. The molecule has 84 valence electrons. The van der Waals surface area contributed by atoms with Crippen LogP contribution in [0, 0.1) is 5.82 Å². The average molecular weight is 212 g/mol. The Hall–Kier alpha value is -1.13. The summed E-state index contributed by atoms with van der Waals surface area (Å²) in [6, 6.07) is 5.02. The molecule has 1 aromatic carbocycles. The second-order valence-electron chi connectivity index (χ2n) is 3.49. The third-order valence-electron chi connectivity index (χ3n) is 2.10. The lowest BCUT2D eigenvalue weighted by molar-refractivity contribution is 0.309. The Morgan fingerprint density at radius 3 is 2.73 bits per heavy atom. The van der Waals surface area contributed by atoms with Crippen molar-refractivity contribution in [3.63, 3.8) is 0 Å². The molecule has 0 aliphatic heterocycles. The van der Waals surface area contributed by atoms with Crippen molar-refractivity contribution in [2.45, 2.75) is 6.54 Å². The molecular weight excluding hydrogens is 195 g/mol. The highest BCUT2D eigenvalue weighted by molar-refractivity contribution is 5.29. The van der Waals surface area contributed by atoms with Gasteiger partial charge < -0.3 is 10.1 Å². The highest BCUT2D eigenvalue weighted by Crippen LogP contribution is 2.18. The summed E-state index contributed by atoms with van der Waals surface area (Å²) < 4.78 is 18.2. The molecule has 1 aromatic rings. The second kappa shape index (κ2) is 5.68. The minimum atomic E-state index is -0.312. The van der Waals surface area contributed by atoms with E-state index in [1.807, 2.05) is 20.2 Å². The molecule has 0 saturated carbocycles. The molecule has 3 nitrogen and oxygen atoms in total. The summed E-state index contributed by atoms with van der Waals surface area (Å²) in [7, 11) is 5.31. The Morgan fingerprint density at radius 2 is 2.20 bits per heavy atom. The minimum absolute atomic E-state index is 0.287. The molecular formula is C11H17FN2O. The number of methoxy groups -OCH3 is 1. The van der Waals surface area contributed by atoms with Gasteiger partial charge in [-0.1, -0.05) is 6.07 Å². The van der Waals surface area contributed by atoms with Crippen LogP contribution in [0.15, 0.2) is 18.2 Å². The monoisotopic (exact) mass is 212 g/mol. The normalized spacial score (nSPS) is 10.7. The van der Waals surface area contributed by atoms with E-state index < -0.39 is 0 Å². The Kier molecular flexibility index (Phi) is 4.52. The smallest absolute Gasteiger partial charge is 0.165 e. The molecule has 1 N–H and O–H groups in total. The molecule has 4 heteroatoms. The number of hydrogen-bond donors (Lipinski definition) is 1. The van der Waals surface area contributed by atoms with Gasteiger partial charge in [0.1, 0.15) is 0 Å². The van der Waals surface area contributed by atoms with E-state index in [1.54, 1.807) is 6.07 Å². The van der Waals surface area contributed by atoms with Gasteiger partial charge in [0, 0.05) is 13.2 Å². The maximum absolute atomic E-state index is 13.3. The molecule has 0 aliphatic carbocycles. The lowest BCUT2D eigenvalue weighted by atomic mass is 10.2. The van der Waals surface area contributed by atoms with Crippen molar-refractivity contribution >= 4 is 0 Å². The van der Waals surface area contributed by atoms with Crippen LogP contribution in [-0.2, 0) is 6.54 Å². The van der Waals surface area contributed by atoms with Gasteiger partial charge in [-0.15, -0.1) is 0 Å². The summed E-state index contributed by atoms with van der Waals surface area (Å²) in [5, 5.41) is 3.03. The summed E-state index contributed by atoms with van der Waals surface area (Å²) >= 11 is 0. The predicted molar refractivity (Wildman–Crippen MR) is 58.3 cm³/mol. The molecule has 0 atom stereocenters. The molecule has 0 spiro atoms. The molecule has 15 heavy (non-hydrogen) atoms. The van der Waals surface area contributed by atoms with E-state index in [0.717, 1.165) is 12.2 Å². The van der Waals surface area contributed by atoms with Crippen LogP contribution < -0.4 is 10.1 Å². The Bertz CT molecular complexity index is 317.